The highest BCUT2D eigenvalue weighted by molar-refractivity contribution is 9.11. The van der Waals surface area contributed by atoms with Crippen molar-refractivity contribution >= 4 is 44.0 Å². The third-order valence-electron chi connectivity index (χ3n) is 1.25. The molecule has 2 aromatic rings. The minimum Gasteiger partial charge on any atom is -0.389 e. The zero-order valence-corrected chi connectivity index (χ0v) is 11.0. The maximum atomic E-state index is 5.33. The van der Waals surface area contributed by atoms with Gasteiger partial charge in [0.1, 0.15) is 5.00 Å². The van der Waals surface area contributed by atoms with Crippen molar-refractivity contribution in [1.29, 1.82) is 0 Å². The second-order valence-electron chi connectivity index (χ2n) is 2.64. The van der Waals surface area contributed by atoms with Crippen LogP contribution in [0, 0.1) is 13.8 Å². The van der Waals surface area contributed by atoms with Crippen LogP contribution in [0.5, 0.6) is 0 Å². The Balaban J connectivity index is 0.000000140. The molecule has 0 aliphatic heterocycles. The molecule has 6 heteroatoms. The van der Waals surface area contributed by atoms with Gasteiger partial charge in [-0.1, -0.05) is 0 Å². The SMILES string of the molecule is Cc1cc(Br)sn1.Cc1cc(N)sn1. The number of nitrogens with zero attached hydrogens (tertiary/aromatic N) is 2. The molecule has 0 amide bonds. The minimum absolute atomic E-state index is 0.789. The van der Waals surface area contributed by atoms with Gasteiger partial charge in [-0.3, -0.25) is 0 Å². The summed E-state index contributed by atoms with van der Waals surface area (Å²) < 4.78 is 9.05. The smallest absolute Gasteiger partial charge is 0.107 e. The van der Waals surface area contributed by atoms with E-state index in [2.05, 4.69) is 24.7 Å². The number of hydrogen-bond acceptors (Lipinski definition) is 5. The summed E-state index contributed by atoms with van der Waals surface area (Å²) in [6.07, 6.45) is 0. The van der Waals surface area contributed by atoms with Gasteiger partial charge < -0.3 is 5.73 Å². The Morgan fingerprint density at radius 2 is 1.71 bits per heavy atom. The molecule has 2 aromatic heterocycles. The molecule has 2 heterocycles. The van der Waals surface area contributed by atoms with Crippen LogP contribution < -0.4 is 5.73 Å². The van der Waals surface area contributed by atoms with Crippen LogP contribution in [0.1, 0.15) is 11.4 Å². The van der Waals surface area contributed by atoms with Crippen molar-refractivity contribution in [1.82, 2.24) is 8.75 Å². The second kappa shape index (κ2) is 5.43. The molecule has 2 rings (SSSR count). The molecule has 0 radical (unpaired) electrons. The third-order valence-corrected chi connectivity index (χ3v) is 3.29. The van der Waals surface area contributed by atoms with Crippen molar-refractivity contribution in [3.63, 3.8) is 0 Å². The van der Waals surface area contributed by atoms with E-state index < -0.39 is 0 Å². The lowest BCUT2D eigenvalue weighted by Crippen LogP contribution is -1.73. The van der Waals surface area contributed by atoms with Crippen LogP contribution >= 0.6 is 39.0 Å². The van der Waals surface area contributed by atoms with E-state index in [0.717, 1.165) is 20.2 Å². The fourth-order valence-corrected chi connectivity index (χ4v) is 2.30. The Bertz CT molecular complexity index is 325. The molecule has 3 nitrogen and oxygen atoms in total. The number of hydrogen-bond donors (Lipinski definition) is 1. The van der Waals surface area contributed by atoms with Gasteiger partial charge >= 0.3 is 0 Å². The van der Waals surface area contributed by atoms with Gasteiger partial charge in [-0.15, -0.1) is 0 Å². The number of aryl methyl sites for hydroxylation is 2. The molecular formula is C8H10BrN3S2. The molecule has 0 fully saturated rings. The molecular weight excluding hydrogens is 282 g/mol. The van der Waals surface area contributed by atoms with Crippen LogP contribution in [0.25, 0.3) is 0 Å². The standard InChI is InChI=1S/C4H4BrNS.C4H6N2S/c2*1-3-2-4(5)7-6-3/h2H,1H3;2H,5H2,1H3. The highest BCUT2D eigenvalue weighted by Crippen LogP contribution is 2.15. The third kappa shape index (κ3) is 4.17. The quantitative estimate of drug-likeness (QED) is 0.811. The zero-order valence-electron chi connectivity index (χ0n) is 7.82. The Hall–Kier alpha value is -0.460. The predicted octanol–water partition coefficient (Wildman–Crippen LogP) is 3.25. The molecule has 0 aromatic carbocycles. The largest absolute Gasteiger partial charge is 0.389 e. The van der Waals surface area contributed by atoms with Crippen molar-refractivity contribution < 1.29 is 0 Å². The molecule has 76 valence electrons. The number of anilines is 1. The molecule has 2 N–H and O–H groups in total. The maximum absolute atomic E-state index is 5.33. The van der Waals surface area contributed by atoms with E-state index in [1.807, 2.05) is 26.0 Å². The van der Waals surface area contributed by atoms with Crippen molar-refractivity contribution in [2.24, 2.45) is 0 Å². The van der Waals surface area contributed by atoms with E-state index in [4.69, 9.17) is 5.73 Å². The van der Waals surface area contributed by atoms with Gasteiger partial charge in [0.15, 0.2) is 0 Å². The number of rotatable bonds is 0. The van der Waals surface area contributed by atoms with Gasteiger partial charge in [0.2, 0.25) is 0 Å². The van der Waals surface area contributed by atoms with Crippen LogP contribution in [0.4, 0.5) is 5.00 Å². The molecule has 0 saturated heterocycles. The van der Waals surface area contributed by atoms with E-state index in [1.54, 1.807) is 0 Å². The van der Waals surface area contributed by atoms with Gasteiger partial charge in [-0.2, -0.15) is 8.75 Å². The minimum atomic E-state index is 0.789. The van der Waals surface area contributed by atoms with Gasteiger partial charge in [0.25, 0.3) is 0 Å². The highest BCUT2D eigenvalue weighted by atomic mass is 79.9. The molecule has 0 spiro atoms. The first kappa shape index (κ1) is 11.6. The first-order chi connectivity index (χ1) is 6.58. The number of aromatic nitrogens is 2. The summed E-state index contributed by atoms with van der Waals surface area (Å²) in [5, 5.41) is 0.789. The lowest BCUT2D eigenvalue weighted by molar-refractivity contribution is 1.35. The van der Waals surface area contributed by atoms with E-state index in [9.17, 15) is 0 Å². The lowest BCUT2D eigenvalue weighted by atomic mass is 10.5. The maximum Gasteiger partial charge on any atom is 0.107 e. The first-order valence-electron chi connectivity index (χ1n) is 3.85. The van der Waals surface area contributed by atoms with E-state index in [1.165, 1.54) is 23.1 Å². The summed E-state index contributed by atoms with van der Waals surface area (Å²) in [5.41, 5.74) is 7.42. The molecule has 0 unspecified atom stereocenters. The summed E-state index contributed by atoms with van der Waals surface area (Å²) in [6, 6.07) is 3.84. The summed E-state index contributed by atoms with van der Waals surface area (Å²) in [6.45, 7) is 3.90. The molecule has 0 aliphatic rings. The van der Waals surface area contributed by atoms with Crippen molar-refractivity contribution in [3.05, 3.63) is 27.3 Å². The van der Waals surface area contributed by atoms with Crippen LogP contribution in [0.15, 0.2) is 15.9 Å². The number of nitrogens with two attached hydrogens (primary N) is 1. The predicted molar refractivity (Wildman–Crippen MR) is 65.8 cm³/mol. The van der Waals surface area contributed by atoms with Crippen molar-refractivity contribution in [2.75, 3.05) is 5.73 Å². The van der Waals surface area contributed by atoms with Crippen LogP contribution in [-0.2, 0) is 0 Å². The summed E-state index contributed by atoms with van der Waals surface area (Å²) >= 11 is 6.09. The van der Waals surface area contributed by atoms with Crippen LogP contribution in [0.3, 0.4) is 0 Å². The van der Waals surface area contributed by atoms with Gasteiger partial charge in [-0.25, -0.2) is 0 Å². The molecule has 14 heavy (non-hydrogen) atoms. The monoisotopic (exact) mass is 291 g/mol. The highest BCUT2D eigenvalue weighted by Gasteiger charge is 1.88. The number of nitrogen functional groups attached to an aromatic ring is 1. The molecule has 0 saturated carbocycles. The molecule has 0 aliphatic carbocycles. The Morgan fingerprint density at radius 1 is 1.14 bits per heavy atom. The fourth-order valence-electron chi connectivity index (χ4n) is 0.716. The average molecular weight is 292 g/mol. The van der Waals surface area contributed by atoms with E-state index >= 15 is 0 Å². The molecule has 0 bridgehead atoms. The summed E-state index contributed by atoms with van der Waals surface area (Å²) in [5.74, 6) is 0. The van der Waals surface area contributed by atoms with Gasteiger partial charge in [-0.05, 0) is 65.0 Å². The topological polar surface area (TPSA) is 51.8 Å². The van der Waals surface area contributed by atoms with Crippen LogP contribution in [0.2, 0.25) is 0 Å². The second-order valence-corrected chi connectivity index (χ2v) is 5.66. The lowest BCUT2D eigenvalue weighted by Gasteiger charge is -1.68. The van der Waals surface area contributed by atoms with Gasteiger partial charge in [0.05, 0.1) is 15.2 Å². The van der Waals surface area contributed by atoms with Gasteiger partial charge in [0, 0.05) is 0 Å². The Labute approximate surface area is 99.4 Å². The summed E-state index contributed by atoms with van der Waals surface area (Å²) in [4.78, 5) is 0. The van der Waals surface area contributed by atoms with Crippen molar-refractivity contribution in [3.8, 4) is 0 Å². The normalized spacial score (nSPS) is 9.36. The number of halogens is 1. The Morgan fingerprint density at radius 3 is 1.86 bits per heavy atom. The van der Waals surface area contributed by atoms with E-state index in [-0.39, 0.29) is 0 Å². The van der Waals surface area contributed by atoms with E-state index in [0.29, 0.717) is 0 Å². The Kier molecular flexibility index (Phi) is 4.50. The molecule has 0 atom stereocenters. The first-order valence-corrected chi connectivity index (χ1v) is 6.19. The zero-order chi connectivity index (χ0) is 10.6. The van der Waals surface area contributed by atoms with Crippen LogP contribution in [-0.4, -0.2) is 8.75 Å². The summed E-state index contributed by atoms with van der Waals surface area (Å²) in [7, 11) is 0. The average Bonchev–Trinajstić information content (AvgIpc) is 2.63. The fraction of sp³-hybridized carbons (Fsp3) is 0.250. The van der Waals surface area contributed by atoms with Crippen molar-refractivity contribution in [2.45, 2.75) is 13.8 Å².